The van der Waals surface area contributed by atoms with E-state index in [0.717, 1.165) is 30.9 Å². The number of alkyl halides is 1. The van der Waals surface area contributed by atoms with Crippen LogP contribution >= 0.6 is 23.2 Å². The molecule has 34 heavy (non-hydrogen) atoms. The lowest BCUT2D eigenvalue weighted by atomic mass is 9.97. The highest BCUT2D eigenvalue weighted by Gasteiger charge is 2.21. The van der Waals surface area contributed by atoms with Crippen molar-refractivity contribution in [3.05, 3.63) is 63.7 Å². The fraction of sp³-hybridized carbons (Fsp3) is 0.444. The Labute approximate surface area is 215 Å². The molecule has 1 fully saturated rings. The Balaban J connectivity index is 0.000000248. The van der Waals surface area contributed by atoms with E-state index < -0.39 is 0 Å². The van der Waals surface area contributed by atoms with Crippen molar-refractivity contribution in [1.82, 2.24) is 4.81 Å². The average molecular weight is 500 g/mol. The Morgan fingerprint density at radius 3 is 2.68 bits per heavy atom. The van der Waals surface area contributed by atoms with Crippen molar-refractivity contribution in [3.63, 3.8) is 0 Å². The minimum atomic E-state index is 0.349. The van der Waals surface area contributed by atoms with Crippen LogP contribution in [-0.4, -0.2) is 44.4 Å². The van der Waals surface area contributed by atoms with Crippen LogP contribution < -0.4 is 9.47 Å². The van der Waals surface area contributed by atoms with Crippen molar-refractivity contribution >= 4 is 36.7 Å². The predicted molar refractivity (Wildman–Crippen MR) is 144 cm³/mol. The van der Waals surface area contributed by atoms with Crippen LogP contribution in [0.4, 0.5) is 0 Å². The number of allylic oxidation sites excluding steroid dienone is 1. The molecule has 3 rings (SSSR count). The van der Waals surface area contributed by atoms with E-state index in [1.54, 1.807) is 6.07 Å². The Hall–Kier alpha value is -2.13. The number of nitriles is 1. The van der Waals surface area contributed by atoms with Crippen molar-refractivity contribution in [2.24, 2.45) is 5.92 Å². The maximum atomic E-state index is 8.94. The summed E-state index contributed by atoms with van der Waals surface area (Å²) >= 11 is 11.5. The molecule has 4 nitrogen and oxygen atoms in total. The summed E-state index contributed by atoms with van der Waals surface area (Å²) in [7, 11) is 2.18. The summed E-state index contributed by atoms with van der Waals surface area (Å²) in [4.78, 5) is 2.37. The molecule has 181 valence electrons. The van der Waals surface area contributed by atoms with E-state index in [2.05, 4.69) is 62.4 Å². The third-order valence-corrected chi connectivity index (χ3v) is 6.16. The SMILES string of the molecule is CCc1cc(Cl)c(OCCCl)c(C#N)c1.C[B]N1CCC(COc2ccc(C)c(/C=C\C)c2)C1. The van der Waals surface area contributed by atoms with Crippen molar-refractivity contribution < 1.29 is 9.47 Å². The minimum Gasteiger partial charge on any atom is -0.493 e. The first-order chi connectivity index (χ1) is 16.4. The molecule has 1 unspecified atom stereocenters. The number of benzene rings is 2. The molecule has 0 N–H and O–H groups in total. The third-order valence-electron chi connectivity index (χ3n) is 5.72. The summed E-state index contributed by atoms with van der Waals surface area (Å²) in [5.41, 5.74) is 4.02. The second kappa shape index (κ2) is 15.0. The molecule has 0 amide bonds. The Kier molecular flexibility index (Phi) is 12.4. The predicted octanol–water partition coefficient (Wildman–Crippen LogP) is 6.79. The van der Waals surface area contributed by atoms with Gasteiger partial charge in [0, 0.05) is 5.92 Å². The monoisotopic (exact) mass is 499 g/mol. The van der Waals surface area contributed by atoms with E-state index >= 15 is 0 Å². The summed E-state index contributed by atoms with van der Waals surface area (Å²) in [5, 5.41) is 9.41. The lowest BCUT2D eigenvalue weighted by Crippen LogP contribution is -2.24. The minimum absolute atomic E-state index is 0.349. The van der Waals surface area contributed by atoms with Gasteiger partial charge in [0.25, 0.3) is 0 Å². The topological polar surface area (TPSA) is 45.5 Å². The van der Waals surface area contributed by atoms with E-state index in [0.29, 0.717) is 34.7 Å². The second-order valence-electron chi connectivity index (χ2n) is 8.19. The molecule has 0 aromatic heterocycles. The average Bonchev–Trinajstić information content (AvgIpc) is 3.32. The lowest BCUT2D eigenvalue weighted by Gasteiger charge is -2.14. The second-order valence-corrected chi connectivity index (χ2v) is 8.98. The third kappa shape index (κ3) is 8.58. The summed E-state index contributed by atoms with van der Waals surface area (Å²) in [5.74, 6) is 2.44. The maximum Gasteiger partial charge on any atom is 0.205 e. The first-order valence-electron chi connectivity index (χ1n) is 11.8. The van der Waals surface area contributed by atoms with Gasteiger partial charge in [0.2, 0.25) is 7.41 Å². The van der Waals surface area contributed by atoms with Gasteiger partial charge in [0.1, 0.15) is 18.4 Å². The highest BCUT2D eigenvalue weighted by molar-refractivity contribution is 6.32. The smallest absolute Gasteiger partial charge is 0.205 e. The summed E-state index contributed by atoms with van der Waals surface area (Å²) < 4.78 is 11.3. The van der Waals surface area contributed by atoms with Crippen LogP contribution in [0, 0.1) is 24.2 Å². The highest BCUT2D eigenvalue weighted by Crippen LogP contribution is 2.30. The molecule has 0 bridgehead atoms. The fourth-order valence-corrected chi connectivity index (χ4v) is 4.11. The zero-order valence-corrected chi connectivity index (χ0v) is 22.1. The van der Waals surface area contributed by atoms with E-state index in [1.807, 2.05) is 19.9 Å². The highest BCUT2D eigenvalue weighted by atomic mass is 35.5. The number of aryl methyl sites for hydroxylation is 2. The number of hydrogen-bond donors (Lipinski definition) is 0. The molecule has 1 aliphatic rings. The molecule has 1 radical (unpaired) electrons. The van der Waals surface area contributed by atoms with Crippen LogP contribution in [0.2, 0.25) is 11.8 Å². The Morgan fingerprint density at radius 1 is 1.26 bits per heavy atom. The van der Waals surface area contributed by atoms with E-state index in [-0.39, 0.29) is 0 Å². The summed E-state index contributed by atoms with van der Waals surface area (Å²) in [6.07, 6.45) is 6.27. The van der Waals surface area contributed by atoms with Crippen molar-refractivity contribution in [2.45, 2.75) is 40.4 Å². The van der Waals surface area contributed by atoms with Gasteiger partial charge in [0.15, 0.2) is 5.75 Å². The van der Waals surface area contributed by atoms with Crippen LogP contribution in [0.3, 0.4) is 0 Å². The number of nitrogens with zero attached hydrogens (tertiary/aromatic N) is 2. The molecule has 2 aromatic rings. The van der Waals surface area contributed by atoms with Crippen LogP contribution in [0.25, 0.3) is 6.08 Å². The van der Waals surface area contributed by atoms with Crippen molar-refractivity contribution in [1.29, 1.82) is 5.26 Å². The molecule has 0 saturated carbocycles. The van der Waals surface area contributed by atoms with E-state index in [4.69, 9.17) is 37.9 Å². The molecule has 1 aliphatic heterocycles. The largest absolute Gasteiger partial charge is 0.493 e. The molecular weight excluding hydrogens is 466 g/mol. The van der Waals surface area contributed by atoms with Gasteiger partial charge < -0.3 is 14.3 Å². The van der Waals surface area contributed by atoms with Crippen LogP contribution in [0.15, 0.2) is 36.4 Å². The normalized spacial score (nSPS) is 15.5. The first kappa shape index (κ1) is 28.1. The summed E-state index contributed by atoms with van der Waals surface area (Å²) in [6, 6.07) is 12.0. The number of ether oxygens (including phenoxy) is 2. The van der Waals surface area contributed by atoms with Gasteiger partial charge in [-0.25, -0.2) is 0 Å². The van der Waals surface area contributed by atoms with Crippen LogP contribution in [0.5, 0.6) is 11.5 Å². The number of rotatable bonds is 9. The van der Waals surface area contributed by atoms with Crippen molar-refractivity contribution in [3.8, 4) is 17.6 Å². The first-order valence-corrected chi connectivity index (χ1v) is 12.7. The molecular formula is C27H34BCl2N2O2. The van der Waals surface area contributed by atoms with Gasteiger partial charge in [-0.15, -0.1) is 11.6 Å². The number of hydrogen-bond acceptors (Lipinski definition) is 4. The molecule has 0 spiro atoms. The zero-order chi connectivity index (χ0) is 24.9. The van der Waals surface area contributed by atoms with E-state index in [1.165, 1.54) is 24.1 Å². The van der Waals surface area contributed by atoms with Gasteiger partial charge in [-0.3, -0.25) is 0 Å². The molecule has 2 aromatic carbocycles. The summed E-state index contributed by atoms with van der Waals surface area (Å²) in [6.45, 7) is 11.8. The molecule has 1 atom stereocenters. The van der Waals surface area contributed by atoms with E-state index in [9.17, 15) is 0 Å². The van der Waals surface area contributed by atoms with Gasteiger partial charge in [-0.05, 0) is 80.7 Å². The van der Waals surface area contributed by atoms with Gasteiger partial charge in [-0.1, -0.05) is 43.6 Å². The quantitative estimate of drug-likeness (QED) is 0.281. The van der Waals surface area contributed by atoms with Crippen molar-refractivity contribution in [2.75, 3.05) is 32.2 Å². The molecule has 7 heteroatoms. The number of halogens is 2. The zero-order valence-electron chi connectivity index (χ0n) is 20.6. The van der Waals surface area contributed by atoms with Crippen LogP contribution in [-0.2, 0) is 6.42 Å². The lowest BCUT2D eigenvalue weighted by molar-refractivity contribution is 0.255. The molecule has 0 aliphatic carbocycles. The molecule has 1 saturated heterocycles. The molecule has 1 heterocycles. The Bertz CT molecular complexity index is 991. The standard InChI is InChI=1S/C16H23BNO.C11H11Cl2NO/c1-4-5-15-10-16(7-6-13(15)2)19-12-14-8-9-18(11-14)17-3;1-2-8-5-9(7-14)11(10(13)6-8)15-4-3-12/h4-7,10,14H,8-9,11-12H2,1-3H3;5-6H,2-4H2,1H3/b5-4-;. The van der Waals surface area contributed by atoms with Gasteiger partial charge >= 0.3 is 0 Å². The maximum absolute atomic E-state index is 8.94. The van der Waals surface area contributed by atoms with Gasteiger partial charge in [-0.2, -0.15) is 5.26 Å². The Morgan fingerprint density at radius 2 is 2.06 bits per heavy atom. The van der Waals surface area contributed by atoms with Crippen LogP contribution in [0.1, 0.15) is 42.5 Å². The van der Waals surface area contributed by atoms with Gasteiger partial charge in [0.05, 0.1) is 23.1 Å². The fourth-order valence-electron chi connectivity index (χ4n) is 3.74.